The van der Waals surface area contributed by atoms with Gasteiger partial charge in [0, 0.05) is 49.1 Å². The minimum Gasteiger partial charge on any atom is -0.497 e. The minimum atomic E-state index is 0.0315. The van der Waals surface area contributed by atoms with Crippen LogP contribution in [0.4, 0.5) is 17.3 Å². The largest absolute Gasteiger partial charge is 0.497 e. The van der Waals surface area contributed by atoms with Gasteiger partial charge < -0.3 is 24.1 Å². The zero-order chi connectivity index (χ0) is 25.9. The van der Waals surface area contributed by atoms with Gasteiger partial charge in [0.15, 0.2) is 11.7 Å². The van der Waals surface area contributed by atoms with Crippen molar-refractivity contribution in [3.05, 3.63) is 60.1 Å². The molecule has 9 nitrogen and oxygen atoms in total. The molecule has 9 heteroatoms. The highest BCUT2D eigenvalue weighted by Crippen LogP contribution is 2.37. The molecule has 1 aliphatic rings. The number of carbonyl (C=O) groups excluding carboxylic acids is 1. The Labute approximate surface area is 215 Å². The summed E-state index contributed by atoms with van der Waals surface area (Å²) < 4.78 is 17.1. The summed E-state index contributed by atoms with van der Waals surface area (Å²) in [6.07, 6.45) is 4.13. The molecule has 2 aromatic carbocycles. The van der Waals surface area contributed by atoms with Crippen LogP contribution in [0.1, 0.15) is 31.7 Å². The van der Waals surface area contributed by atoms with Crippen LogP contribution in [0.3, 0.4) is 0 Å². The van der Waals surface area contributed by atoms with E-state index in [4.69, 9.17) is 23.9 Å². The van der Waals surface area contributed by atoms with E-state index < -0.39 is 0 Å². The van der Waals surface area contributed by atoms with E-state index in [0.717, 1.165) is 35.3 Å². The van der Waals surface area contributed by atoms with Crippen molar-refractivity contribution >= 4 is 23.2 Å². The average molecular weight is 500 g/mol. The third kappa shape index (κ3) is 4.97. The fraction of sp³-hybridized carbons (Fsp3) is 0.286. The highest BCUT2D eigenvalue weighted by Gasteiger charge is 2.23. The zero-order valence-corrected chi connectivity index (χ0v) is 21.4. The number of benzene rings is 2. The average Bonchev–Trinajstić information content (AvgIpc) is 3.53. The molecule has 2 aromatic heterocycles. The van der Waals surface area contributed by atoms with Gasteiger partial charge in [-0.2, -0.15) is 0 Å². The summed E-state index contributed by atoms with van der Waals surface area (Å²) in [4.78, 5) is 27.7. The quantitative estimate of drug-likeness (QED) is 0.343. The third-order valence-electron chi connectivity index (χ3n) is 6.27. The molecule has 0 saturated heterocycles. The number of oxazole rings is 1. The molecular formula is C28H29N5O4. The summed E-state index contributed by atoms with van der Waals surface area (Å²) in [5.74, 6) is 2.92. The van der Waals surface area contributed by atoms with E-state index in [1.165, 1.54) is 0 Å². The number of fused-ring (bicyclic) bond motifs is 1. The van der Waals surface area contributed by atoms with Gasteiger partial charge in [0.05, 0.1) is 14.2 Å². The predicted molar refractivity (Wildman–Crippen MR) is 142 cm³/mol. The minimum absolute atomic E-state index is 0.0315. The SMILES string of the molecule is CCCc1nc(-c2cc(OC)cc(OC)c2)c(-c2ccnc(Nc3ccc4c(c3)N(C(C)=O)CC4)n2)o1. The Morgan fingerprint density at radius 3 is 2.57 bits per heavy atom. The molecule has 0 spiro atoms. The first-order chi connectivity index (χ1) is 18.0. The summed E-state index contributed by atoms with van der Waals surface area (Å²) in [5.41, 5.74) is 4.91. The normalized spacial score (nSPS) is 12.4. The number of ether oxygens (including phenoxy) is 2. The van der Waals surface area contributed by atoms with Gasteiger partial charge >= 0.3 is 0 Å². The van der Waals surface area contributed by atoms with Crippen molar-refractivity contribution in [1.82, 2.24) is 15.0 Å². The third-order valence-corrected chi connectivity index (χ3v) is 6.27. The Hall–Kier alpha value is -4.40. The molecule has 0 bridgehead atoms. The highest BCUT2D eigenvalue weighted by molar-refractivity contribution is 5.94. The Bertz CT molecular complexity index is 1430. The summed E-state index contributed by atoms with van der Waals surface area (Å²) >= 11 is 0. The van der Waals surface area contributed by atoms with Crippen LogP contribution in [-0.4, -0.2) is 41.6 Å². The van der Waals surface area contributed by atoms with Crippen LogP contribution < -0.4 is 19.7 Å². The fourth-order valence-electron chi connectivity index (χ4n) is 4.46. The van der Waals surface area contributed by atoms with Crippen molar-refractivity contribution in [1.29, 1.82) is 0 Å². The van der Waals surface area contributed by atoms with Gasteiger partial charge in [0.2, 0.25) is 11.9 Å². The fourth-order valence-corrected chi connectivity index (χ4v) is 4.46. The number of methoxy groups -OCH3 is 2. The number of amides is 1. The van der Waals surface area contributed by atoms with Gasteiger partial charge in [0.25, 0.3) is 0 Å². The number of nitrogens with one attached hydrogen (secondary N) is 1. The second kappa shape index (κ2) is 10.3. The van der Waals surface area contributed by atoms with Gasteiger partial charge in [-0.15, -0.1) is 0 Å². The molecule has 4 aromatic rings. The van der Waals surface area contributed by atoms with Crippen LogP contribution in [0.2, 0.25) is 0 Å². The highest BCUT2D eigenvalue weighted by atomic mass is 16.5. The van der Waals surface area contributed by atoms with Crippen LogP contribution in [0.25, 0.3) is 22.7 Å². The molecule has 0 saturated carbocycles. The molecule has 37 heavy (non-hydrogen) atoms. The maximum absolute atomic E-state index is 12.0. The number of nitrogens with zero attached hydrogens (tertiary/aromatic N) is 4. The van der Waals surface area contributed by atoms with Gasteiger partial charge in [-0.3, -0.25) is 4.79 Å². The maximum atomic E-state index is 12.0. The van der Waals surface area contributed by atoms with Gasteiger partial charge in [-0.1, -0.05) is 13.0 Å². The summed E-state index contributed by atoms with van der Waals surface area (Å²) in [6.45, 7) is 4.36. The smallest absolute Gasteiger partial charge is 0.227 e. The monoisotopic (exact) mass is 499 g/mol. The molecule has 0 unspecified atom stereocenters. The van der Waals surface area contributed by atoms with E-state index in [2.05, 4.69) is 17.2 Å². The molecule has 1 N–H and O–H groups in total. The van der Waals surface area contributed by atoms with Crippen molar-refractivity contribution in [3.63, 3.8) is 0 Å². The van der Waals surface area contributed by atoms with Crippen molar-refractivity contribution in [2.45, 2.75) is 33.1 Å². The molecule has 0 fully saturated rings. The van der Waals surface area contributed by atoms with E-state index in [1.807, 2.05) is 36.4 Å². The Morgan fingerprint density at radius 2 is 1.86 bits per heavy atom. The summed E-state index contributed by atoms with van der Waals surface area (Å²) in [6, 6.07) is 13.4. The standard InChI is InChI=1S/C28H29N5O4/c1-5-6-25-32-26(19-13-21(35-3)16-22(14-19)36-4)27(37-25)23-9-11-29-28(31-23)30-20-8-7-18-10-12-33(17(2)34)24(18)15-20/h7-9,11,13-16H,5-6,10,12H2,1-4H3,(H,29,30,31). The van der Waals surface area contributed by atoms with E-state index >= 15 is 0 Å². The molecule has 190 valence electrons. The number of carbonyl (C=O) groups is 1. The molecule has 1 aliphatic heterocycles. The topological polar surface area (TPSA) is 103 Å². The molecule has 5 rings (SSSR count). The Morgan fingerprint density at radius 1 is 1.08 bits per heavy atom. The number of rotatable bonds is 8. The molecule has 0 radical (unpaired) electrons. The lowest BCUT2D eigenvalue weighted by Gasteiger charge is -2.16. The van der Waals surface area contributed by atoms with Gasteiger partial charge in [-0.05, 0) is 48.7 Å². The second-order valence-corrected chi connectivity index (χ2v) is 8.79. The number of aryl methyl sites for hydroxylation is 1. The summed E-state index contributed by atoms with van der Waals surface area (Å²) in [5, 5.41) is 3.27. The predicted octanol–water partition coefficient (Wildman–Crippen LogP) is 5.42. The van der Waals surface area contributed by atoms with Gasteiger partial charge in [0.1, 0.15) is 22.9 Å². The lowest BCUT2D eigenvalue weighted by atomic mass is 10.1. The first-order valence-electron chi connectivity index (χ1n) is 12.2. The van der Waals surface area contributed by atoms with Crippen molar-refractivity contribution < 1.29 is 18.7 Å². The molecule has 0 aliphatic carbocycles. The number of hydrogen-bond donors (Lipinski definition) is 1. The van der Waals surface area contributed by atoms with Crippen LogP contribution in [0, 0.1) is 0 Å². The number of hydrogen-bond acceptors (Lipinski definition) is 8. The van der Waals surface area contributed by atoms with Crippen LogP contribution in [-0.2, 0) is 17.6 Å². The summed E-state index contributed by atoms with van der Waals surface area (Å²) in [7, 11) is 3.23. The van der Waals surface area contributed by atoms with Crippen LogP contribution in [0.15, 0.2) is 53.1 Å². The zero-order valence-electron chi connectivity index (χ0n) is 21.4. The number of aromatic nitrogens is 3. The van der Waals surface area contributed by atoms with E-state index in [9.17, 15) is 4.79 Å². The van der Waals surface area contributed by atoms with Crippen LogP contribution >= 0.6 is 0 Å². The Kier molecular flexibility index (Phi) is 6.76. The van der Waals surface area contributed by atoms with Gasteiger partial charge in [-0.25, -0.2) is 15.0 Å². The first kappa shape index (κ1) is 24.3. The molecular weight excluding hydrogens is 470 g/mol. The molecule has 0 atom stereocenters. The lowest BCUT2D eigenvalue weighted by Crippen LogP contribution is -2.25. The maximum Gasteiger partial charge on any atom is 0.227 e. The van der Waals surface area contributed by atoms with E-state index in [1.54, 1.807) is 38.3 Å². The van der Waals surface area contributed by atoms with Crippen LogP contribution in [0.5, 0.6) is 11.5 Å². The number of anilines is 3. The molecule has 3 heterocycles. The van der Waals surface area contributed by atoms with Crippen molar-refractivity contribution in [3.8, 4) is 34.2 Å². The van der Waals surface area contributed by atoms with Crippen molar-refractivity contribution in [2.75, 3.05) is 31.0 Å². The Balaban J connectivity index is 1.51. The van der Waals surface area contributed by atoms with E-state index in [-0.39, 0.29) is 5.91 Å². The van der Waals surface area contributed by atoms with E-state index in [0.29, 0.717) is 53.5 Å². The molecule has 1 amide bonds. The lowest BCUT2D eigenvalue weighted by molar-refractivity contribution is -0.116. The second-order valence-electron chi connectivity index (χ2n) is 8.79. The van der Waals surface area contributed by atoms with Crippen molar-refractivity contribution in [2.24, 2.45) is 0 Å². The first-order valence-corrected chi connectivity index (χ1v) is 12.2.